The lowest BCUT2D eigenvalue weighted by atomic mass is 9.87. The van der Waals surface area contributed by atoms with Crippen molar-refractivity contribution in [1.82, 2.24) is 34.9 Å². The standard InChI is InChI=1S/C26H28N8O3/c1-16-23(37-18-7-5-6-17(14-18)25(35)36)10-9-21(30-16)24-22(34(2)33-32-24)15-29-26-28-13-11-20(31-26)19-8-3-4-12-27-19/h3-4,8-13,17-18H,5-7,14-15H2,1-2H3,(H,35,36)(H,28,29,31)/t17?,18-/m0/s1. The Morgan fingerprint density at radius 3 is 2.76 bits per heavy atom. The summed E-state index contributed by atoms with van der Waals surface area (Å²) < 4.78 is 7.84. The molecule has 2 atom stereocenters. The summed E-state index contributed by atoms with van der Waals surface area (Å²) in [6.07, 6.45) is 6.19. The SMILES string of the molecule is Cc1nc(-c2nnn(C)c2CNc2nccc(-c3ccccn3)n2)ccc1O[C@H]1CCCC(C(=O)O)C1. The predicted octanol–water partition coefficient (Wildman–Crippen LogP) is 3.67. The molecule has 1 aliphatic rings. The number of hydrogen-bond acceptors (Lipinski definition) is 9. The van der Waals surface area contributed by atoms with Gasteiger partial charge >= 0.3 is 5.97 Å². The van der Waals surface area contributed by atoms with Crippen molar-refractivity contribution in [2.45, 2.75) is 45.3 Å². The average Bonchev–Trinajstić information content (AvgIpc) is 3.29. The number of aliphatic carboxylic acids is 1. The summed E-state index contributed by atoms with van der Waals surface area (Å²) in [6, 6.07) is 11.2. The molecular weight excluding hydrogens is 472 g/mol. The van der Waals surface area contributed by atoms with E-state index in [1.54, 1.807) is 17.1 Å². The lowest BCUT2D eigenvalue weighted by Gasteiger charge is -2.27. The summed E-state index contributed by atoms with van der Waals surface area (Å²) in [6.45, 7) is 2.27. The van der Waals surface area contributed by atoms with E-state index in [1.165, 1.54) is 0 Å². The Balaban J connectivity index is 1.30. The van der Waals surface area contributed by atoms with E-state index in [9.17, 15) is 9.90 Å². The number of carbonyl (C=O) groups is 1. The van der Waals surface area contributed by atoms with Crippen molar-refractivity contribution in [2.24, 2.45) is 13.0 Å². The van der Waals surface area contributed by atoms with Gasteiger partial charge in [-0.1, -0.05) is 11.3 Å². The molecule has 11 heteroatoms. The monoisotopic (exact) mass is 500 g/mol. The van der Waals surface area contributed by atoms with Crippen LogP contribution in [0.5, 0.6) is 5.75 Å². The molecule has 1 aliphatic carbocycles. The number of carboxylic acids is 1. The number of pyridine rings is 2. The third-order valence-electron chi connectivity index (χ3n) is 6.49. The first-order chi connectivity index (χ1) is 18.0. The van der Waals surface area contributed by atoms with Gasteiger partial charge < -0.3 is 15.2 Å². The Bertz CT molecular complexity index is 1390. The van der Waals surface area contributed by atoms with Gasteiger partial charge in [-0.3, -0.25) is 9.78 Å². The molecule has 190 valence electrons. The Morgan fingerprint density at radius 2 is 1.97 bits per heavy atom. The molecule has 2 N–H and O–H groups in total. The number of aromatic nitrogens is 7. The highest BCUT2D eigenvalue weighted by atomic mass is 16.5. The topological polar surface area (TPSA) is 141 Å². The van der Waals surface area contributed by atoms with E-state index in [0.29, 0.717) is 48.2 Å². The Labute approximate surface area is 214 Å². The predicted molar refractivity (Wildman–Crippen MR) is 136 cm³/mol. The maximum absolute atomic E-state index is 11.4. The van der Waals surface area contributed by atoms with Gasteiger partial charge in [-0.15, -0.1) is 5.10 Å². The molecule has 0 amide bonds. The van der Waals surface area contributed by atoms with Crippen LogP contribution in [0.15, 0.2) is 48.8 Å². The second-order valence-electron chi connectivity index (χ2n) is 9.06. The van der Waals surface area contributed by atoms with E-state index in [0.717, 1.165) is 29.9 Å². The molecular formula is C26H28N8O3. The van der Waals surface area contributed by atoms with E-state index < -0.39 is 5.97 Å². The third-order valence-corrected chi connectivity index (χ3v) is 6.49. The van der Waals surface area contributed by atoms with Crippen LogP contribution in [0.4, 0.5) is 5.95 Å². The van der Waals surface area contributed by atoms with E-state index in [2.05, 4.69) is 30.6 Å². The summed E-state index contributed by atoms with van der Waals surface area (Å²) in [7, 11) is 1.82. The van der Waals surface area contributed by atoms with Crippen LogP contribution < -0.4 is 10.1 Å². The quantitative estimate of drug-likeness (QED) is 0.368. The normalized spacial score (nSPS) is 17.4. The molecule has 5 rings (SSSR count). The van der Waals surface area contributed by atoms with Crippen LogP contribution in [-0.4, -0.2) is 52.1 Å². The lowest BCUT2D eigenvalue weighted by molar-refractivity contribution is -0.143. The van der Waals surface area contributed by atoms with Crippen LogP contribution >= 0.6 is 0 Å². The second-order valence-corrected chi connectivity index (χ2v) is 9.06. The van der Waals surface area contributed by atoms with Crippen LogP contribution in [0.2, 0.25) is 0 Å². The Morgan fingerprint density at radius 1 is 1.08 bits per heavy atom. The van der Waals surface area contributed by atoms with E-state index in [1.807, 2.05) is 50.4 Å². The molecule has 11 nitrogen and oxygen atoms in total. The Kier molecular flexibility index (Phi) is 7.02. The molecule has 4 aromatic rings. The molecule has 0 spiro atoms. The van der Waals surface area contributed by atoms with Crippen molar-refractivity contribution in [2.75, 3.05) is 5.32 Å². The van der Waals surface area contributed by atoms with Gasteiger partial charge in [0, 0.05) is 19.4 Å². The number of aryl methyl sites for hydroxylation is 2. The number of nitrogens with zero attached hydrogens (tertiary/aromatic N) is 7. The fourth-order valence-corrected chi connectivity index (χ4v) is 4.50. The maximum Gasteiger partial charge on any atom is 0.306 e. The van der Waals surface area contributed by atoms with E-state index >= 15 is 0 Å². The molecule has 0 saturated heterocycles. The average molecular weight is 501 g/mol. The van der Waals surface area contributed by atoms with Crippen molar-refractivity contribution in [1.29, 1.82) is 0 Å². The first-order valence-corrected chi connectivity index (χ1v) is 12.2. The summed E-state index contributed by atoms with van der Waals surface area (Å²) >= 11 is 0. The molecule has 1 saturated carbocycles. The first-order valence-electron chi connectivity index (χ1n) is 12.2. The molecule has 0 aromatic carbocycles. The number of ether oxygens (including phenoxy) is 1. The molecule has 1 unspecified atom stereocenters. The van der Waals surface area contributed by atoms with Gasteiger partial charge in [0.15, 0.2) is 0 Å². The van der Waals surface area contributed by atoms with Gasteiger partial charge in [0.1, 0.15) is 11.4 Å². The molecule has 37 heavy (non-hydrogen) atoms. The van der Waals surface area contributed by atoms with Gasteiger partial charge in [0.05, 0.1) is 47.0 Å². The lowest BCUT2D eigenvalue weighted by Crippen LogP contribution is -2.29. The van der Waals surface area contributed by atoms with Gasteiger partial charge in [-0.2, -0.15) is 0 Å². The number of carboxylic acid groups (broad SMARTS) is 1. The minimum absolute atomic E-state index is 0.126. The van der Waals surface area contributed by atoms with Crippen molar-refractivity contribution >= 4 is 11.9 Å². The van der Waals surface area contributed by atoms with Crippen molar-refractivity contribution in [3.63, 3.8) is 0 Å². The minimum atomic E-state index is -0.754. The molecule has 0 radical (unpaired) electrons. The van der Waals surface area contributed by atoms with Crippen molar-refractivity contribution in [3.05, 3.63) is 60.2 Å². The first kappa shape index (κ1) is 24.3. The van der Waals surface area contributed by atoms with Crippen LogP contribution in [0.1, 0.15) is 37.1 Å². The summed E-state index contributed by atoms with van der Waals surface area (Å²) in [5.41, 5.74) is 4.35. The molecule has 4 aromatic heterocycles. The van der Waals surface area contributed by atoms with E-state index in [4.69, 9.17) is 9.72 Å². The highest BCUT2D eigenvalue weighted by Crippen LogP contribution is 2.30. The van der Waals surface area contributed by atoms with Crippen molar-refractivity contribution in [3.8, 4) is 28.5 Å². The molecule has 0 aliphatic heterocycles. The highest BCUT2D eigenvalue weighted by molar-refractivity contribution is 5.70. The van der Waals surface area contributed by atoms with Crippen LogP contribution in [0.25, 0.3) is 22.8 Å². The fraction of sp³-hybridized carbons (Fsp3) is 0.346. The number of hydrogen-bond donors (Lipinski definition) is 2. The third kappa shape index (κ3) is 5.55. The van der Waals surface area contributed by atoms with Crippen LogP contribution in [0, 0.1) is 12.8 Å². The Hall–Kier alpha value is -4.41. The molecule has 1 fully saturated rings. The van der Waals surface area contributed by atoms with Gasteiger partial charge in [-0.05, 0) is 62.9 Å². The van der Waals surface area contributed by atoms with Gasteiger partial charge in [0.2, 0.25) is 5.95 Å². The number of rotatable bonds is 8. The fourth-order valence-electron chi connectivity index (χ4n) is 4.50. The zero-order valence-electron chi connectivity index (χ0n) is 20.7. The summed E-state index contributed by atoms with van der Waals surface area (Å²) in [4.78, 5) is 29.3. The molecule has 4 heterocycles. The minimum Gasteiger partial charge on any atom is -0.489 e. The van der Waals surface area contributed by atoms with E-state index in [-0.39, 0.29) is 12.0 Å². The highest BCUT2D eigenvalue weighted by Gasteiger charge is 2.28. The zero-order chi connectivity index (χ0) is 25.8. The van der Waals surface area contributed by atoms with Crippen molar-refractivity contribution < 1.29 is 14.6 Å². The second kappa shape index (κ2) is 10.7. The summed E-state index contributed by atoms with van der Waals surface area (Å²) in [5, 5.41) is 21.1. The summed E-state index contributed by atoms with van der Waals surface area (Å²) in [5.74, 6) is 0.0177. The molecule has 0 bridgehead atoms. The smallest absolute Gasteiger partial charge is 0.306 e. The zero-order valence-corrected chi connectivity index (χ0v) is 20.7. The van der Waals surface area contributed by atoms with Gasteiger partial charge in [-0.25, -0.2) is 19.6 Å². The number of nitrogens with one attached hydrogen (secondary N) is 1. The van der Waals surface area contributed by atoms with Gasteiger partial charge in [0.25, 0.3) is 0 Å². The van der Waals surface area contributed by atoms with Crippen LogP contribution in [-0.2, 0) is 18.4 Å². The number of anilines is 1. The largest absolute Gasteiger partial charge is 0.489 e. The maximum atomic E-state index is 11.4. The van der Waals surface area contributed by atoms with Crippen LogP contribution in [0.3, 0.4) is 0 Å².